The Morgan fingerprint density at radius 2 is 2.14 bits per heavy atom. The fourth-order valence-electron chi connectivity index (χ4n) is 2.75. The summed E-state index contributed by atoms with van der Waals surface area (Å²) in [5, 5.41) is 3.58. The summed E-state index contributed by atoms with van der Waals surface area (Å²) >= 11 is 1.73. The molecule has 3 N–H and O–H groups in total. The summed E-state index contributed by atoms with van der Waals surface area (Å²) in [5.74, 6) is -0.227. The van der Waals surface area contributed by atoms with Gasteiger partial charge >= 0.3 is 0 Å². The third kappa shape index (κ3) is 4.33. The Morgan fingerprint density at radius 3 is 2.93 bits per heavy atom. The van der Waals surface area contributed by atoms with Gasteiger partial charge in [-0.05, 0) is 61.5 Å². The van der Waals surface area contributed by atoms with Gasteiger partial charge < -0.3 is 15.0 Å². The largest absolute Gasteiger partial charge is 0.346 e. The van der Waals surface area contributed by atoms with Gasteiger partial charge in [0.15, 0.2) is 0 Å². The van der Waals surface area contributed by atoms with Gasteiger partial charge in [0.25, 0.3) is 11.5 Å². The van der Waals surface area contributed by atoms with Crippen LogP contribution in [0.15, 0.2) is 41.3 Å². The highest BCUT2D eigenvalue weighted by atomic mass is 32.2. The van der Waals surface area contributed by atoms with Gasteiger partial charge in [0.1, 0.15) is 5.69 Å². The molecule has 0 unspecified atom stereocenters. The number of amides is 1. The van der Waals surface area contributed by atoms with Gasteiger partial charge in [0.05, 0.1) is 23.3 Å². The van der Waals surface area contributed by atoms with E-state index in [0.29, 0.717) is 40.5 Å². The van der Waals surface area contributed by atoms with Crippen molar-refractivity contribution in [3.8, 4) is 0 Å². The van der Waals surface area contributed by atoms with Crippen molar-refractivity contribution in [3.05, 3.63) is 63.8 Å². The summed E-state index contributed by atoms with van der Waals surface area (Å²) < 4.78 is 3.32. The molecule has 1 aliphatic rings. The Labute approximate surface area is 166 Å². The number of carbonyl (C=O) groups excluding carboxylic acids is 1. The molecular formula is C20H21N5O2S. The van der Waals surface area contributed by atoms with Crippen LogP contribution in [0.4, 0.5) is 5.69 Å². The highest BCUT2D eigenvalue weighted by molar-refractivity contribution is 8.01. The standard InChI is InChI=1S/C20H21N5O2S/c1-2-16-20(27)24-18-9-12(3-6-17(18)23-16)19(26)22-11-14-10-13(7-8-21-14)25-28-15-4-5-15/h3,6-10,15H,2,4-5,11H2,1H3,(H,21,25)(H,22,26)(H,24,27). The van der Waals surface area contributed by atoms with Crippen LogP contribution in [0.25, 0.3) is 11.0 Å². The van der Waals surface area contributed by atoms with Crippen molar-refractivity contribution in [2.45, 2.75) is 38.0 Å². The Balaban J connectivity index is 1.43. The number of aromatic nitrogens is 3. The van der Waals surface area contributed by atoms with Gasteiger partial charge in [0.2, 0.25) is 0 Å². The summed E-state index contributed by atoms with van der Waals surface area (Å²) in [6, 6.07) is 8.95. The first kappa shape index (κ1) is 18.5. The number of anilines is 1. The number of pyridine rings is 1. The minimum atomic E-state index is -0.227. The number of hydrogen-bond acceptors (Lipinski definition) is 6. The van der Waals surface area contributed by atoms with Crippen molar-refractivity contribution in [2.75, 3.05) is 4.72 Å². The minimum absolute atomic E-state index is 0.217. The van der Waals surface area contributed by atoms with Crippen molar-refractivity contribution in [1.82, 2.24) is 20.3 Å². The van der Waals surface area contributed by atoms with Crippen molar-refractivity contribution in [3.63, 3.8) is 0 Å². The molecule has 1 aliphatic carbocycles. The van der Waals surface area contributed by atoms with Crippen molar-refractivity contribution < 1.29 is 4.79 Å². The van der Waals surface area contributed by atoms with Crippen molar-refractivity contribution in [1.29, 1.82) is 0 Å². The van der Waals surface area contributed by atoms with E-state index in [9.17, 15) is 9.59 Å². The molecule has 1 amide bonds. The van der Waals surface area contributed by atoms with E-state index in [-0.39, 0.29) is 11.5 Å². The predicted molar refractivity (Wildman–Crippen MR) is 111 cm³/mol. The molecule has 144 valence electrons. The number of hydrogen-bond donors (Lipinski definition) is 3. The third-order valence-electron chi connectivity index (χ3n) is 4.47. The third-order valence-corrected chi connectivity index (χ3v) is 5.63. The number of rotatable bonds is 7. The number of aromatic amines is 1. The molecule has 4 rings (SSSR count). The number of nitrogens with one attached hydrogen (secondary N) is 3. The fourth-order valence-corrected chi connectivity index (χ4v) is 3.56. The maximum atomic E-state index is 12.5. The maximum Gasteiger partial charge on any atom is 0.270 e. The van der Waals surface area contributed by atoms with E-state index in [1.54, 1.807) is 36.3 Å². The molecule has 0 saturated heterocycles. The fraction of sp³-hybridized carbons (Fsp3) is 0.300. The summed E-state index contributed by atoms with van der Waals surface area (Å²) in [6.45, 7) is 2.21. The smallest absolute Gasteiger partial charge is 0.270 e. The van der Waals surface area contributed by atoms with Crippen LogP contribution in [0.2, 0.25) is 0 Å². The van der Waals surface area contributed by atoms with Gasteiger partial charge in [-0.3, -0.25) is 14.6 Å². The van der Waals surface area contributed by atoms with E-state index in [0.717, 1.165) is 11.4 Å². The monoisotopic (exact) mass is 395 g/mol. The van der Waals surface area contributed by atoms with Gasteiger partial charge in [0, 0.05) is 22.7 Å². The zero-order valence-electron chi connectivity index (χ0n) is 15.5. The van der Waals surface area contributed by atoms with Crippen LogP contribution in [-0.2, 0) is 13.0 Å². The summed E-state index contributed by atoms with van der Waals surface area (Å²) in [7, 11) is 0. The molecular weight excluding hydrogens is 374 g/mol. The number of benzene rings is 1. The lowest BCUT2D eigenvalue weighted by Crippen LogP contribution is -2.23. The zero-order valence-corrected chi connectivity index (χ0v) is 16.3. The van der Waals surface area contributed by atoms with Gasteiger partial charge in [-0.2, -0.15) is 0 Å². The van der Waals surface area contributed by atoms with E-state index in [2.05, 4.69) is 25.0 Å². The number of carbonyl (C=O) groups is 1. The predicted octanol–water partition coefficient (Wildman–Crippen LogP) is 3.03. The van der Waals surface area contributed by atoms with Crippen molar-refractivity contribution >= 4 is 34.6 Å². The molecule has 2 aromatic heterocycles. The topological polar surface area (TPSA) is 99.8 Å². The van der Waals surface area contributed by atoms with Crippen LogP contribution in [0, 0.1) is 0 Å². The van der Waals surface area contributed by atoms with Gasteiger partial charge in [-0.15, -0.1) is 0 Å². The molecule has 8 heteroatoms. The first-order valence-corrected chi connectivity index (χ1v) is 10.2. The van der Waals surface area contributed by atoms with Crippen LogP contribution in [-0.4, -0.2) is 26.1 Å². The molecule has 0 aliphatic heterocycles. The lowest BCUT2D eigenvalue weighted by molar-refractivity contribution is 0.0950. The second-order valence-corrected chi connectivity index (χ2v) is 7.84. The van der Waals surface area contributed by atoms with E-state index in [4.69, 9.17) is 0 Å². The molecule has 0 atom stereocenters. The van der Waals surface area contributed by atoms with Crippen LogP contribution in [0.1, 0.15) is 41.5 Å². The number of nitrogens with zero attached hydrogens (tertiary/aromatic N) is 2. The SMILES string of the molecule is CCc1nc2ccc(C(=O)NCc3cc(NSC4CC4)ccn3)cc2[nH]c1=O. The highest BCUT2D eigenvalue weighted by Crippen LogP contribution is 2.34. The van der Waals surface area contributed by atoms with E-state index in [1.807, 2.05) is 19.1 Å². The van der Waals surface area contributed by atoms with E-state index < -0.39 is 0 Å². The Hall–Kier alpha value is -2.87. The average Bonchev–Trinajstić information content (AvgIpc) is 3.54. The normalized spacial score (nSPS) is 13.5. The first-order valence-electron chi connectivity index (χ1n) is 9.30. The quantitative estimate of drug-likeness (QED) is 0.532. The number of aryl methyl sites for hydroxylation is 1. The van der Waals surface area contributed by atoms with Gasteiger partial charge in [-0.25, -0.2) is 4.98 Å². The van der Waals surface area contributed by atoms with Crippen LogP contribution in [0.3, 0.4) is 0 Å². The lowest BCUT2D eigenvalue weighted by atomic mass is 10.1. The number of H-pyrrole nitrogens is 1. The van der Waals surface area contributed by atoms with Crippen LogP contribution < -0.4 is 15.6 Å². The first-order chi connectivity index (χ1) is 13.6. The maximum absolute atomic E-state index is 12.5. The van der Waals surface area contributed by atoms with E-state index >= 15 is 0 Å². The Kier molecular flexibility index (Phi) is 5.29. The summed E-state index contributed by atoms with van der Waals surface area (Å²) in [6.07, 6.45) is 4.82. The molecule has 0 radical (unpaired) electrons. The average molecular weight is 395 g/mol. The Bertz CT molecular complexity index is 1080. The molecule has 2 heterocycles. The van der Waals surface area contributed by atoms with Crippen molar-refractivity contribution in [2.24, 2.45) is 0 Å². The molecule has 0 bridgehead atoms. The second kappa shape index (κ2) is 8.02. The molecule has 0 spiro atoms. The van der Waals surface area contributed by atoms with Crippen LogP contribution >= 0.6 is 11.9 Å². The van der Waals surface area contributed by atoms with Gasteiger partial charge in [-0.1, -0.05) is 6.92 Å². The second-order valence-electron chi connectivity index (χ2n) is 6.74. The van der Waals surface area contributed by atoms with Crippen LogP contribution in [0.5, 0.6) is 0 Å². The summed E-state index contributed by atoms with van der Waals surface area (Å²) in [4.78, 5) is 35.9. The highest BCUT2D eigenvalue weighted by Gasteiger charge is 2.22. The molecule has 1 saturated carbocycles. The Morgan fingerprint density at radius 1 is 1.29 bits per heavy atom. The zero-order chi connectivity index (χ0) is 19.5. The molecule has 28 heavy (non-hydrogen) atoms. The summed E-state index contributed by atoms with van der Waals surface area (Å²) in [5.41, 5.74) is 3.72. The lowest BCUT2D eigenvalue weighted by Gasteiger charge is -2.08. The molecule has 3 aromatic rings. The van der Waals surface area contributed by atoms with E-state index in [1.165, 1.54) is 12.8 Å². The number of fused-ring (bicyclic) bond motifs is 1. The minimum Gasteiger partial charge on any atom is -0.346 e. The molecule has 1 aromatic carbocycles. The molecule has 1 fully saturated rings. The molecule has 7 nitrogen and oxygen atoms in total.